The Hall–Kier alpha value is -1.00. The molecule has 0 bridgehead atoms. The smallest absolute Gasteiger partial charge is 0.143 e. The van der Waals surface area contributed by atoms with Crippen LogP contribution in [0.5, 0.6) is 0 Å². The van der Waals surface area contributed by atoms with E-state index in [2.05, 4.69) is 17.1 Å². The predicted octanol–water partition coefficient (Wildman–Crippen LogP) is 3.35. The van der Waals surface area contributed by atoms with Crippen molar-refractivity contribution in [2.24, 2.45) is 0 Å². The van der Waals surface area contributed by atoms with Gasteiger partial charge in [0.15, 0.2) is 0 Å². The molecule has 19 heavy (non-hydrogen) atoms. The Morgan fingerprint density at radius 1 is 1.42 bits per heavy atom. The van der Waals surface area contributed by atoms with E-state index >= 15 is 0 Å². The van der Waals surface area contributed by atoms with Crippen LogP contribution in [0.15, 0.2) is 12.1 Å². The van der Waals surface area contributed by atoms with Crippen molar-refractivity contribution < 1.29 is 4.39 Å². The van der Waals surface area contributed by atoms with E-state index in [1.807, 2.05) is 0 Å². The molecule has 0 unspecified atom stereocenters. The van der Waals surface area contributed by atoms with Gasteiger partial charge in [-0.3, -0.25) is 0 Å². The summed E-state index contributed by atoms with van der Waals surface area (Å²) in [5.41, 5.74) is 7.01. The molecule has 1 aromatic carbocycles. The summed E-state index contributed by atoms with van der Waals surface area (Å²) in [6, 6.07) is 3.21. The average molecular weight is 286 g/mol. The molecule has 1 aliphatic heterocycles. The molecule has 3 N–H and O–H groups in total. The van der Waals surface area contributed by atoms with Crippen molar-refractivity contribution in [1.29, 1.82) is 0 Å². The number of halogens is 2. The summed E-state index contributed by atoms with van der Waals surface area (Å²) in [7, 11) is 0. The maximum absolute atomic E-state index is 13.4. The van der Waals surface area contributed by atoms with Gasteiger partial charge in [0.25, 0.3) is 0 Å². The highest BCUT2D eigenvalue weighted by molar-refractivity contribution is 6.31. The molecule has 1 aromatic rings. The molecule has 2 rings (SSSR count). The van der Waals surface area contributed by atoms with Crippen molar-refractivity contribution in [2.75, 3.05) is 30.7 Å². The Morgan fingerprint density at radius 2 is 2.11 bits per heavy atom. The van der Waals surface area contributed by atoms with Crippen LogP contribution in [0.2, 0.25) is 5.02 Å². The molecule has 1 saturated heterocycles. The predicted molar refractivity (Wildman–Crippen MR) is 79.2 cm³/mol. The third-order valence-electron chi connectivity index (χ3n) is 3.58. The van der Waals surface area contributed by atoms with E-state index in [4.69, 9.17) is 17.3 Å². The summed E-state index contributed by atoms with van der Waals surface area (Å²) in [6.45, 7) is 5.52. The molecular weight excluding hydrogens is 265 g/mol. The fourth-order valence-electron chi connectivity index (χ4n) is 2.52. The molecule has 3 nitrogen and oxygen atoms in total. The summed E-state index contributed by atoms with van der Waals surface area (Å²) in [4.78, 5) is 2.46. The third-order valence-corrected chi connectivity index (χ3v) is 3.87. The van der Waals surface area contributed by atoms with Gasteiger partial charge in [-0.15, -0.1) is 0 Å². The van der Waals surface area contributed by atoms with Crippen LogP contribution >= 0.6 is 11.6 Å². The number of nitrogens with two attached hydrogens (primary N) is 1. The molecule has 0 spiro atoms. The minimum absolute atomic E-state index is 0.0702. The normalized spacial score (nSPS) is 17.6. The van der Waals surface area contributed by atoms with Gasteiger partial charge in [-0.05, 0) is 31.9 Å². The maximum Gasteiger partial charge on any atom is 0.143 e. The number of nitrogens with one attached hydrogen (secondary N) is 1. The molecule has 0 aliphatic carbocycles. The average Bonchev–Trinajstić information content (AvgIpc) is 2.38. The number of benzene rings is 1. The number of nitrogens with zero attached hydrogens (tertiary/aromatic N) is 1. The minimum Gasteiger partial charge on any atom is -0.397 e. The highest BCUT2D eigenvalue weighted by Gasteiger charge is 2.19. The molecule has 0 amide bonds. The molecule has 0 aromatic heterocycles. The summed E-state index contributed by atoms with van der Waals surface area (Å²) in [6.07, 6.45) is 3.31. The number of anilines is 2. The lowest BCUT2D eigenvalue weighted by atomic mass is 10.0. The van der Waals surface area contributed by atoms with Crippen LogP contribution in [0.25, 0.3) is 0 Å². The second kappa shape index (κ2) is 6.44. The van der Waals surface area contributed by atoms with Crippen molar-refractivity contribution in [2.45, 2.75) is 32.2 Å². The Balaban J connectivity index is 1.94. The van der Waals surface area contributed by atoms with E-state index < -0.39 is 5.82 Å². The fraction of sp³-hybridized carbons (Fsp3) is 0.571. The van der Waals surface area contributed by atoms with Gasteiger partial charge < -0.3 is 16.0 Å². The zero-order valence-electron chi connectivity index (χ0n) is 11.3. The number of hydrogen-bond donors (Lipinski definition) is 2. The lowest BCUT2D eigenvalue weighted by Gasteiger charge is -2.32. The van der Waals surface area contributed by atoms with Gasteiger partial charge in [0.05, 0.1) is 16.4 Å². The second-order valence-corrected chi connectivity index (χ2v) is 5.52. The van der Waals surface area contributed by atoms with E-state index in [0.717, 1.165) is 32.5 Å². The van der Waals surface area contributed by atoms with Gasteiger partial charge in [0.1, 0.15) is 5.82 Å². The Kier molecular flexibility index (Phi) is 4.88. The van der Waals surface area contributed by atoms with E-state index in [0.29, 0.717) is 17.4 Å². The standard InChI is InChI=1S/C14H21ClFN3/c1-2-5-19-6-3-10(4-7-19)18-14-9-12(16)11(15)8-13(14)17/h8-10,18H,2-7,17H2,1H3. The van der Waals surface area contributed by atoms with Gasteiger partial charge in [-0.25, -0.2) is 4.39 Å². The van der Waals surface area contributed by atoms with Crippen molar-refractivity contribution in [3.63, 3.8) is 0 Å². The Bertz CT molecular complexity index is 431. The van der Waals surface area contributed by atoms with Gasteiger partial charge in [-0.1, -0.05) is 18.5 Å². The zero-order valence-corrected chi connectivity index (χ0v) is 12.0. The topological polar surface area (TPSA) is 41.3 Å². The van der Waals surface area contributed by atoms with Crippen molar-refractivity contribution >= 4 is 23.0 Å². The summed E-state index contributed by atoms with van der Waals surface area (Å²) in [5, 5.41) is 3.40. The van der Waals surface area contributed by atoms with Gasteiger partial charge in [-0.2, -0.15) is 0 Å². The highest BCUT2D eigenvalue weighted by atomic mass is 35.5. The highest BCUT2D eigenvalue weighted by Crippen LogP contribution is 2.28. The van der Waals surface area contributed by atoms with Gasteiger partial charge in [0, 0.05) is 25.2 Å². The van der Waals surface area contributed by atoms with Gasteiger partial charge >= 0.3 is 0 Å². The molecular formula is C14H21ClFN3. The molecule has 1 aliphatic rings. The van der Waals surface area contributed by atoms with Crippen molar-refractivity contribution in [3.05, 3.63) is 23.0 Å². The van der Waals surface area contributed by atoms with E-state index in [-0.39, 0.29) is 5.02 Å². The molecule has 1 heterocycles. The summed E-state index contributed by atoms with van der Waals surface area (Å²) in [5.74, 6) is -0.429. The molecule has 0 atom stereocenters. The van der Waals surface area contributed by atoms with Crippen LogP contribution in [-0.2, 0) is 0 Å². The number of piperidine rings is 1. The molecule has 5 heteroatoms. The van der Waals surface area contributed by atoms with E-state index in [9.17, 15) is 4.39 Å². The van der Waals surface area contributed by atoms with Crippen LogP contribution in [0.4, 0.5) is 15.8 Å². The molecule has 106 valence electrons. The number of hydrogen-bond acceptors (Lipinski definition) is 3. The van der Waals surface area contributed by atoms with Crippen molar-refractivity contribution in [3.8, 4) is 0 Å². The third kappa shape index (κ3) is 3.74. The van der Waals surface area contributed by atoms with Crippen molar-refractivity contribution in [1.82, 2.24) is 4.90 Å². The SMILES string of the molecule is CCCN1CCC(Nc2cc(F)c(Cl)cc2N)CC1. The first-order valence-electron chi connectivity index (χ1n) is 6.83. The first-order chi connectivity index (χ1) is 9.10. The fourth-order valence-corrected chi connectivity index (χ4v) is 2.70. The van der Waals surface area contributed by atoms with Crippen LogP contribution in [-0.4, -0.2) is 30.6 Å². The monoisotopic (exact) mass is 285 g/mol. The van der Waals surface area contributed by atoms with Crippen LogP contribution in [0, 0.1) is 5.82 Å². The van der Waals surface area contributed by atoms with E-state index in [1.54, 1.807) is 0 Å². The van der Waals surface area contributed by atoms with Crippen LogP contribution < -0.4 is 11.1 Å². The first-order valence-corrected chi connectivity index (χ1v) is 7.21. The minimum atomic E-state index is -0.429. The number of likely N-dealkylation sites (tertiary alicyclic amines) is 1. The molecule has 0 saturated carbocycles. The second-order valence-electron chi connectivity index (χ2n) is 5.11. The summed E-state index contributed by atoms with van der Waals surface area (Å²) >= 11 is 5.69. The maximum atomic E-state index is 13.4. The number of nitrogen functional groups attached to an aromatic ring is 1. The largest absolute Gasteiger partial charge is 0.397 e. The summed E-state index contributed by atoms with van der Waals surface area (Å²) < 4.78 is 13.4. The lowest BCUT2D eigenvalue weighted by Crippen LogP contribution is -2.39. The lowest BCUT2D eigenvalue weighted by molar-refractivity contribution is 0.219. The molecule has 0 radical (unpaired) electrons. The first kappa shape index (κ1) is 14.4. The molecule has 1 fully saturated rings. The zero-order chi connectivity index (χ0) is 13.8. The van der Waals surface area contributed by atoms with Crippen LogP contribution in [0.3, 0.4) is 0 Å². The van der Waals surface area contributed by atoms with E-state index in [1.165, 1.54) is 18.6 Å². The Labute approximate surface area is 118 Å². The van der Waals surface area contributed by atoms with Crippen LogP contribution in [0.1, 0.15) is 26.2 Å². The Morgan fingerprint density at radius 3 is 2.74 bits per heavy atom. The number of rotatable bonds is 4. The van der Waals surface area contributed by atoms with Gasteiger partial charge in [0.2, 0.25) is 0 Å². The quantitative estimate of drug-likeness (QED) is 0.834.